The van der Waals surface area contributed by atoms with E-state index in [1.165, 1.54) is 25.3 Å². The molecule has 1 aromatic carbocycles. The maximum atomic E-state index is 12.7. The van der Waals surface area contributed by atoms with E-state index in [2.05, 4.69) is 4.74 Å². The Kier molecular flexibility index (Phi) is 5.88. The Labute approximate surface area is 154 Å². The Bertz CT molecular complexity index is 777. The first-order valence-corrected chi connectivity index (χ1v) is 9.12. The molecule has 1 aromatic heterocycles. The molecule has 138 valence electrons. The van der Waals surface area contributed by atoms with Crippen molar-refractivity contribution in [3.8, 4) is 11.5 Å². The second-order valence-electron chi connectivity index (χ2n) is 5.80. The topological polar surface area (TPSA) is 38.8 Å². The minimum absolute atomic E-state index is 0.0780. The molecule has 0 N–H and O–H groups in total. The minimum Gasteiger partial charge on any atom is -0.493 e. The highest BCUT2D eigenvalue weighted by molar-refractivity contribution is 7.10. The maximum absolute atomic E-state index is 12.7. The van der Waals surface area contributed by atoms with Crippen molar-refractivity contribution in [3.63, 3.8) is 0 Å². The molecule has 2 aromatic rings. The van der Waals surface area contributed by atoms with Crippen LogP contribution in [0, 0.1) is 0 Å². The van der Waals surface area contributed by atoms with Crippen molar-refractivity contribution in [2.45, 2.75) is 25.5 Å². The average molecular weight is 379 g/mol. The zero-order valence-corrected chi connectivity index (χ0v) is 15.0. The molecule has 1 fully saturated rings. The van der Waals surface area contributed by atoms with Crippen LogP contribution in [0.1, 0.15) is 29.3 Å². The number of benzene rings is 1. The van der Waals surface area contributed by atoms with Gasteiger partial charge in [-0.2, -0.15) is 8.78 Å². The first-order chi connectivity index (χ1) is 12.6. The predicted molar refractivity (Wildman–Crippen MR) is 96.7 cm³/mol. The van der Waals surface area contributed by atoms with E-state index in [9.17, 15) is 13.6 Å². The van der Waals surface area contributed by atoms with Gasteiger partial charge in [0.1, 0.15) is 0 Å². The molecular formula is C19H19F2NO3S. The number of carbonyl (C=O) groups is 1. The van der Waals surface area contributed by atoms with Crippen LogP contribution in [-0.2, 0) is 4.79 Å². The van der Waals surface area contributed by atoms with Crippen LogP contribution in [0.5, 0.6) is 11.5 Å². The lowest BCUT2D eigenvalue weighted by atomic mass is 10.1. The molecule has 0 saturated carbocycles. The highest BCUT2D eigenvalue weighted by Crippen LogP contribution is 2.36. The van der Waals surface area contributed by atoms with Crippen LogP contribution in [-0.4, -0.2) is 31.1 Å². The van der Waals surface area contributed by atoms with E-state index in [4.69, 9.17) is 4.74 Å². The van der Waals surface area contributed by atoms with Gasteiger partial charge in [0.2, 0.25) is 5.91 Å². The number of hydrogen-bond acceptors (Lipinski definition) is 4. The summed E-state index contributed by atoms with van der Waals surface area (Å²) in [7, 11) is 1.38. The van der Waals surface area contributed by atoms with Crippen molar-refractivity contribution in [1.82, 2.24) is 4.90 Å². The highest BCUT2D eigenvalue weighted by atomic mass is 32.1. The number of hydrogen-bond donors (Lipinski definition) is 0. The van der Waals surface area contributed by atoms with E-state index >= 15 is 0 Å². The van der Waals surface area contributed by atoms with Crippen LogP contribution in [0.2, 0.25) is 0 Å². The lowest BCUT2D eigenvalue weighted by Crippen LogP contribution is -2.28. The number of halogens is 2. The van der Waals surface area contributed by atoms with E-state index < -0.39 is 6.61 Å². The molecule has 1 saturated heterocycles. The summed E-state index contributed by atoms with van der Waals surface area (Å²) < 4.78 is 35.0. The number of thiophene rings is 1. The van der Waals surface area contributed by atoms with Crippen LogP contribution in [0.15, 0.2) is 41.8 Å². The molecule has 7 heteroatoms. The Morgan fingerprint density at radius 3 is 2.88 bits per heavy atom. The summed E-state index contributed by atoms with van der Waals surface area (Å²) in [5.41, 5.74) is 0.366. The van der Waals surface area contributed by atoms with Gasteiger partial charge in [0.15, 0.2) is 11.5 Å². The number of nitrogens with zero attached hydrogens (tertiary/aromatic N) is 1. The molecule has 1 amide bonds. The molecule has 1 aliphatic rings. The molecule has 2 heterocycles. The van der Waals surface area contributed by atoms with Crippen LogP contribution >= 0.6 is 11.3 Å². The summed E-state index contributed by atoms with van der Waals surface area (Å²) in [6.45, 7) is -2.29. The second kappa shape index (κ2) is 8.31. The molecule has 0 bridgehead atoms. The third kappa shape index (κ3) is 4.04. The summed E-state index contributed by atoms with van der Waals surface area (Å²) in [6, 6.07) is 8.87. The first kappa shape index (κ1) is 18.4. The second-order valence-corrected chi connectivity index (χ2v) is 6.77. The molecule has 1 atom stereocenters. The number of alkyl halides is 2. The normalized spacial score (nSPS) is 17.2. The SMILES string of the molecule is COc1cccc(/C=C/C(=O)N2CCCC2c2cccs2)c1OC(F)F. The Balaban J connectivity index is 1.80. The van der Waals surface area contributed by atoms with E-state index in [1.54, 1.807) is 23.5 Å². The minimum atomic E-state index is -2.98. The van der Waals surface area contributed by atoms with Crippen molar-refractivity contribution in [1.29, 1.82) is 0 Å². The van der Waals surface area contributed by atoms with Crippen LogP contribution in [0.4, 0.5) is 8.78 Å². The summed E-state index contributed by atoms with van der Waals surface area (Å²) in [4.78, 5) is 15.6. The molecule has 1 aliphatic heterocycles. The number of carbonyl (C=O) groups excluding carboxylic acids is 1. The van der Waals surface area contributed by atoms with Crippen LogP contribution in [0.3, 0.4) is 0 Å². The van der Waals surface area contributed by atoms with Gasteiger partial charge in [-0.3, -0.25) is 4.79 Å². The summed E-state index contributed by atoms with van der Waals surface area (Å²) >= 11 is 1.63. The average Bonchev–Trinajstić information content (AvgIpc) is 3.30. The van der Waals surface area contributed by atoms with Gasteiger partial charge in [-0.1, -0.05) is 18.2 Å². The summed E-state index contributed by atoms with van der Waals surface area (Å²) in [5, 5.41) is 2.00. The highest BCUT2D eigenvalue weighted by Gasteiger charge is 2.29. The lowest BCUT2D eigenvalue weighted by molar-refractivity contribution is -0.126. The van der Waals surface area contributed by atoms with Gasteiger partial charge < -0.3 is 14.4 Å². The number of amides is 1. The van der Waals surface area contributed by atoms with Crippen molar-refractivity contribution >= 4 is 23.3 Å². The Morgan fingerprint density at radius 2 is 2.19 bits per heavy atom. The standard InChI is InChI=1S/C19H19F2NO3S/c1-24-15-7-2-5-13(18(15)25-19(20)21)9-10-17(23)22-11-3-6-14(22)16-8-4-12-26-16/h2,4-5,7-10,12,14,19H,3,6,11H2,1H3/b10-9+. The molecule has 0 aliphatic carbocycles. The number of para-hydroxylation sites is 1. The van der Waals surface area contributed by atoms with E-state index in [-0.39, 0.29) is 23.4 Å². The van der Waals surface area contributed by atoms with Crippen LogP contribution in [0.25, 0.3) is 6.08 Å². The maximum Gasteiger partial charge on any atom is 0.387 e. The van der Waals surface area contributed by atoms with Gasteiger partial charge in [0.25, 0.3) is 0 Å². The molecule has 1 unspecified atom stereocenters. The Hall–Kier alpha value is -2.41. The van der Waals surface area contributed by atoms with E-state index in [0.29, 0.717) is 12.1 Å². The zero-order chi connectivity index (χ0) is 18.5. The number of methoxy groups -OCH3 is 1. The van der Waals surface area contributed by atoms with Gasteiger partial charge in [-0.25, -0.2) is 0 Å². The van der Waals surface area contributed by atoms with Crippen LogP contribution < -0.4 is 9.47 Å². The third-order valence-electron chi connectivity index (χ3n) is 4.25. The molecule has 3 rings (SSSR count). The van der Waals surface area contributed by atoms with E-state index in [0.717, 1.165) is 17.7 Å². The van der Waals surface area contributed by atoms with Gasteiger partial charge in [0, 0.05) is 23.1 Å². The predicted octanol–water partition coefficient (Wildman–Crippen LogP) is 4.74. The van der Waals surface area contributed by atoms with Crippen molar-refractivity contribution < 1.29 is 23.0 Å². The van der Waals surface area contributed by atoms with Gasteiger partial charge >= 0.3 is 6.61 Å². The van der Waals surface area contributed by atoms with Gasteiger partial charge in [-0.05, 0) is 36.4 Å². The molecule has 0 radical (unpaired) electrons. The zero-order valence-electron chi connectivity index (χ0n) is 14.2. The number of rotatable bonds is 6. The van der Waals surface area contributed by atoms with Crippen molar-refractivity contribution in [2.24, 2.45) is 0 Å². The number of ether oxygens (including phenoxy) is 2. The van der Waals surface area contributed by atoms with Gasteiger partial charge in [-0.15, -0.1) is 11.3 Å². The Morgan fingerprint density at radius 1 is 1.35 bits per heavy atom. The smallest absolute Gasteiger partial charge is 0.387 e. The molecule has 0 spiro atoms. The fourth-order valence-corrected chi connectivity index (χ4v) is 3.98. The largest absolute Gasteiger partial charge is 0.493 e. The van der Waals surface area contributed by atoms with Crippen molar-refractivity contribution in [3.05, 3.63) is 52.2 Å². The van der Waals surface area contributed by atoms with Crippen molar-refractivity contribution in [2.75, 3.05) is 13.7 Å². The monoisotopic (exact) mass is 379 g/mol. The summed E-state index contributed by atoms with van der Waals surface area (Å²) in [5.74, 6) is -0.0328. The third-order valence-corrected chi connectivity index (χ3v) is 5.22. The fourth-order valence-electron chi connectivity index (χ4n) is 3.10. The molecular weight excluding hydrogens is 360 g/mol. The fraction of sp³-hybridized carbons (Fsp3) is 0.316. The molecule has 26 heavy (non-hydrogen) atoms. The first-order valence-electron chi connectivity index (χ1n) is 8.24. The lowest BCUT2D eigenvalue weighted by Gasteiger charge is -2.22. The van der Waals surface area contributed by atoms with Gasteiger partial charge in [0.05, 0.1) is 13.2 Å². The molecule has 4 nitrogen and oxygen atoms in total. The summed E-state index contributed by atoms with van der Waals surface area (Å²) in [6.07, 6.45) is 4.77. The number of likely N-dealkylation sites (tertiary alicyclic amines) is 1. The van der Waals surface area contributed by atoms with E-state index in [1.807, 2.05) is 22.4 Å². The quantitative estimate of drug-likeness (QED) is 0.681.